The molecule has 2 aromatic carbocycles. The summed E-state index contributed by atoms with van der Waals surface area (Å²) in [5, 5.41) is -0.334. The molecular weight excluding hydrogens is 291 g/mol. The van der Waals surface area contributed by atoms with Crippen molar-refractivity contribution in [2.75, 3.05) is 7.11 Å². The Morgan fingerprint density at radius 2 is 1.75 bits per heavy atom. The highest BCUT2D eigenvalue weighted by Gasteiger charge is 2.18. The third kappa shape index (κ3) is 2.73. The van der Waals surface area contributed by atoms with Gasteiger partial charge in [-0.05, 0) is 29.8 Å². The second kappa shape index (κ2) is 5.73. The highest BCUT2D eigenvalue weighted by molar-refractivity contribution is 6.30. The van der Waals surface area contributed by atoms with Gasteiger partial charge in [0.25, 0.3) is 0 Å². The number of rotatable bonds is 3. The SMILES string of the molecule is COc1ccc(C(N)c2cc(F)c(Cl)cc2F)cc1F. The molecule has 0 aromatic heterocycles. The van der Waals surface area contributed by atoms with Gasteiger partial charge in [-0.2, -0.15) is 0 Å². The molecule has 2 aromatic rings. The Balaban J connectivity index is 2.43. The fourth-order valence-corrected chi connectivity index (χ4v) is 1.98. The fourth-order valence-electron chi connectivity index (χ4n) is 1.83. The summed E-state index contributed by atoms with van der Waals surface area (Å²) in [5.41, 5.74) is 6.03. The molecule has 0 spiro atoms. The van der Waals surface area contributed by atoms with Crippen molar-refractivity contribution in [1.29, 1.82) is 0 Å². The summed E-state index contributed by atoms with van der Waals surface area (Å²) >= 11 is 5.47. The molecule has 0 fully saturated rings. The molecule has 2 nitrogen and oxygen atoms in total. The van der Waals surface area contributed by atoms with E-state index in [2.05, 4.69) is 0 Å². The third-order valence-electron chi connectivity index (χ3n) is 2.91. The predicted octanol–water partition coefficient (Wildman–Crippen LogP) is 3.81. The zero-order valence-corrected chi connectivity index (χ0v) is 11.2. The monoisotopic (exact) mass is 301 g/mol. The molecule has 1 atom stereocenters. The van der Waals surface area contributed by atoms with E-state index in [0.29, 0.717) is 5.56 Å². The number of methoxy groups -OCH3 is 1. The van der Waals surface area contributed by atoms with Gasteiger partial charge >= 0.3 is 0 Å². The molecular formula is C14H11ClF3NO. The molecule has 0 amide bonds. The van der Waals surface area contributed by atoms with Gasteiger partial charge < -0.3 is 10.5 Å². The van der Waals surface area contributed by atoms with Crippen LogP contribution in [0.3, 0.4) is 0 Å². The molecule has 0 saturated heterocycles. The van der Waals surface area contributed by atoms with Gasteiger partial charge in [0.15, 0.2) is 11.6 Å². The Hall–Kier alpha value is -1.72. The molecule has 2 rings (SSSR count). The van der Waals surface area contributed by atoms with Gasteiger partial charge in [-0.3, -0.25) is 0 Å². The Morgan fingerprint density at radius 3 is 2.35 bits per heavy atom. The number of hydrogen-bond acceptors (Lipinski definition) is 2. The van der Waals surface area contributed by atoms with Crippen molar-refractivity contribution in [1.82, 2.24) is 0 Å². The second-order valence-electron chi connectivity index (χ2n) is 4.16. The van der Waals surface area contributed by atoms with E-state index in [1.54, 1.807) is 0 Å². The van der Waals surface area contributed by atoms with Gasteiger partial charge in [0, 0.05) is 5.56 Å². The van der Waals surface area contributed by atoms with Gasteiger partial charge in [-0.25, -0.2) is 13.2 Å². The molecule has 0 bridgehead atoms. The minimum Gasteiger partial charge on any atom is -0.494 e. The predicted molar refractivity (Wildman–Crippen MR) is 70.4 cm³/mol. The maximum atomic E-state index is 13.8. The minimum absolute atomic E-state index is 0.0451. The van der Waals surface area contributed by atoms with Crippen LogP contribution in [0.4, 0.5) is 13.2 Å². The molecule has 0 aliphatic rings. The molecule has 6 heteroatoms. The smallest absolute Gasteiger partial charge is 0.165 e. The Bertz CT molecular complexity index is 649. The van der Waals surface area contributed by atoms with Gasteiger partial charge in [0.05, 0.1) is 18.2 Å². The first-order valence-corrected chi connectivity index (χ1v) is 6.05. The van der Waals surface area contributed by atoms with E-state index >= 15 is 0 Å². The van der Waals surface area contributed by atoms with Crippen molar-refractivity contribution in [2.24, 2.45) is 5.73 Å². The fraction of sp³-hybridized carbons (Fsp3) is 0.143. The quantitative estimate of drug-likeness (QED) is 0.875. The lowest BCUT2D eigenvalue weighted by Gasteiger charge is -2.15. The highest BCUT2D eigenvalue weighted by Crippen LogP contribution is 2.28. The molecule has 0 radical (unpaired) electrons. The van der Waals surface area contributed by atoms with Crippen LogP contribution in [0.25, 0.3) is 0 Å². The lowest BCUT2D eigenvalue weighted by atomic mass is 9.98. The van der Waals surface area contributed by atoms with Gasteiger partial charge in [-0.15, -0.1) is 0 Å². The summed E-state index contributed by atoms with van der Waals surface area (Å²) in [7, 11) is 1.33. The number of hydrogen-bond donors (Lipinski definition) is 1. The summed E-state index contributed by atoms with van der Waals surface area (Å²) in [6.07, 6.45) is 0. The first-order valence-electron chi connectivity index (χ1n) is 5.67. The van der Waals surface area contributed by atoms with E-state index in [-0.39, 0.29) is 16.3 Å². The van der Waals surface area contributed by atoms with Crippen molar-refractivity contribution < 1.29 is 17.9 Å². The van der Waals surface area contributed by atoms with Gasteiger partial charge in [0.1, 0.15) is 11.6 Å². The Kier molecular flexibility index (Phi) is 4.20. The van der Waals surface area contributed by atoms with Gasteiger partial charge in [0.2, 0.25) is 0 Å². The van der Waals surface area contributed by atoms with E-state index in [4.69, 9.17) is 22.1 Å². The van der Waals surface area contributed by atoms with Crippen LogP contribution in [0.2, 0.25) is 5.02 Å². The maximum absolute atomic E-state index is 13.8. The lowest BCUT2D eigenvalue weighted by molar-refractivity contribution is 0.386. The third-order valence-corrected chi connectivity index (χ3v) is 3.20. The molecule has 0 aliphatic heterocycles. The summed E-state index contributed by atoms with van der Waals surface area (Å²) in [6, 6.07) is 4.71. The van der Waals surface area contributed by atoms with Crippen molar-refractivity contribution in [2.45, 2.75) is 6.04 Å². The molecule has 0 heterocycles. The highest BCUT2D eigenvalue weighted by atomic mass is 35.5. The van der Waals surface area contributed by atoms with Crippen LogP contribution in [0.1, 0.15) is 17.2 Å². The standard InChI is InChI=1S/C14H11ClF3NO/c1-20-13-3-2-7(4-12(13)18)14(19)8-5-11(17)9(15)6-10(8)16/h2-6,14H,19H2,1H3. The minimum atomic E-state index is -1.01. The maximum Gasteiger partial charge on any atom is 0.165 e. The number of halogens is 4. The van der Waals surface area contributed by atoms with Crippen LogP contribution >= 0.6 is 11.6 Å². The average molecular weight is 302 g/mol. The summed E-state index contributed by atoms with van der Waals surface area (Å²) in [5.74, 6) is -2.12. The first kappa shape index (κ1) is 14.7. The van der Waals surface area contributed by atoms with Crippen molar-refractivity contribution >= 4 is 11.6 Å². The second-order valence-corrected chi connectivity index (χ2v) is 4.57. The summed E-state index contributed by atoms with van der Waals surface area (Å²) in [6.45, 7) is 0. The topological polar surface area (TPSA) is 35.2 Å². The molecule has 2 N–H and O–H groups in total. The number of nitrogens with two attached hydrogens (primary N) is 1. The molecule has 0 aliphatic carbocycles. The van der Waals surface area contributed by atoms with Crippen LogP contribution in [0, 0.1) is 17.5 Å². The van der Waals surface area contributed by atoms with Crippen molar-refractivity contribution in [3.63, 3.8) is 0 Å². The van der Waals surface area contributed by atoms with Gasteiger partial charge in [-0.1, -0.05) is 17.7 Å². The van der Waals surface area contributed by atoms with Crippen LogP contribution in [-0.4, -0.2) is 7.11 Å². The van der Waals surface area contributed by atoms with E-state index in [1.807, 2.05) is 0 Å². The van der Waals surface area contributed by atoms with E-state index < -0.39 is 23.5 Å². The first-order chi connectivity index (χ1) is 9.43. The van der Waals surface area contributed by atoms with Crippen molar-refractivity contribution in [3.05, 3.63) is 63.9 Å². The zero-order valence-electron chi connectivity index (χ0n) is 10.5. The van der Waals surface area contributed by atoms with Crippen LogP contribution in [0.5, 0.6) is 5.75 Å². The van der Waals surface area contributed by atoms with Crippen LogP contribution < -0.4 is 10.5 Å². The van der Waals surface area contributed by atoms with E-state index in [0.717, 1.165) is 18.2 Å². The largest absolute Gasteiger partial charge is 0.494 e. The lowest BCUT2D eigenvalue weighted by Crippen LogP contribution is -2.14. The van der Waals surface area contributed by atoms with E-state index in [9.17, 15) is 13.2 Å². The average Bonchev–Trinajstić information content (AvgIpc) is 2.42. The zero-order chi connectivity index (χ0) is 14.9. The molecule has 1 unspecified atom stereocenters. The summed E-state index contributed by atoms with van der Waals surface area (Å²) in [4.78, 5) is 0. The van der Waals surface area contributed by atoms with Crippen LogP contribution in [0.15, 0.2) is 30.3 Å². The molecule has 20 heavy (non-hydrogen) atoms. The Labute approximate surface area is 118 Å². The van der Waals surface area contributed by atoms with Crippen molar-refractivity contribution in [3.8, 4) is 5.75 Å². The summed E-state index contributed by atoms with van der Waals surface area (Å²) < 4.78 is 45.5. The molecule has 0 saturated carbocycles. The number of benzene rings is 2. The molecule has 106 valence electrons. The normalized spacial score (nSPS) is 12.3. The van der Waals surface area contributed by atoms with Crippen LogP contribution in [-0.2, 0) is 0 Å². The van der Waals surface area contributed by atoms with E-state index in [1.165, 1.54) is 19.2 Å². The Morgan fingerprint density at radius 1 is 1.05 bits per heavy atom. The number of ether oxygens (including phenoxy) is 1.